The zero-order chi connectivity index (χ0) is 9.97. The Hall–Kier alpha value is -1.97. The molecule has 0 unspecified atom stereocenters. The van der Waals surface area contributed by atoms with E-state index in [9.17, 15) is 4.79 Å². The van der Waals surface area contributed by atoms with Gasteiger partial charge in [0.05, 0.1) is 11.4 Å². The molecule has 0 saturated heterocycles. The summed E-state index contributed by atoms with van der Waals surface area (Å²) in [5.74, 6) is 0. The first kappa shape index (κ1) is 8.62. The van der Waals surface area contributed by atoms with E-state index in [0.717, 1.165) is 17.0 Å². The Morgan fingerprint density at radius 1 is 1.29 bits per heavy atom. The van der Waals surface area contributed by atoms with Crippen LogP contribution in [0.25, 0.3) is 11.4 Å². The summed E-state index contributed by atoms with van der Waals surface area (Å²) in [5.41, 5.74) is 2.04. The number of nitrogens with one attached hydrogen (secondary N) is 1. The van der Waals surface area contributed by atoms with Crippen molar-refractivity contribution in [3.8, 4) is 11.4 Å². The predicted octanol–water partition coefficient (Wildman–Crippen LogP) is 1.14. The lowest BCUT2D eigenvalue weighted by Gasteiger charge is -2.02. The maximum atomic E-state index is 11.0. The summed E-state index contributed by atoms with van der Waals surface area (Å²) in [4.78, 5) is 21.5. The molecule has 70 valence electrons. The quantitative estimate of drug-likeness (QED) is 0.728. The van der Waals surface area contributed by atoms with Gasteiger partial charge in [0.25, 0.3) is 0 Å². The smallest absolute Gasteiger partial charge is 0.304 e. The second-order valence-corrected chi connectivity index (χ2v) is 2.96. The summed E-state index contributed by atoms with van der Waals surface area (Å²) in [6.07, 6.45) is 3.23. The van der Waals surface area contributed by atoms with Gasteiger partial charge in [-0.2, -0.15) is 0 Å². The van der Waals surface area contributed by atoms with Crippen LogP contribution in [0, 0.1) is 6.92 Å². The topological polar surface area (TPSA) is 58.6 Å². The lowest BCUT2D eigenvalue weighted by Crippen LogP contribution is -2.11. The molecule has 0 radical (unpaired) electrons. The van der Waals surface area contributed by atoms with Crippen molar-refractivity contribution >= 4 is 0 Å². The fourth-order valence-corrected chi connectivity index (χ4v) is 1.23. The maximum Gasteiger partial charge on any atom is 0.345 e. The molecule has 14 heavy (non-hydrogen) atoms. The van der Waals surface area contributed by atoms with Crippen LogP contribution >= 0.6 is 0 Å². The van der Waals surface area contributed by atoms with Crippen LogP contribution in [-0.4, -0.2) is 15.0 Å². The van der Waals surface area contributed by atoms with Crippen LogP contribution in [0.15, 0.2) is 35.4 Å². The lowest BCUT2D eigenvalue weighted by molar-refractivity contribution is 1.05. The Bertz CT molecular complexity index is 490. The van der Waals surface area contributed by atoms with Crippen molar-refractivity contribution in [1.29, 1.82) is 0 Å². The first-order chi connectivity index (χ1) is 6.77. The van der Waals surface area contributed by atoms with Crippen LogP contribution in [-0.2, 0) is 0 Å². The van der Waals surface area contributed by atoms with Gasteiger partial charge >= 0.3 is 5.69 Å². The van der Waals surface area contributed by atoms with Crippen molar-refractivity contribution < 1.29 is 0 Å². The Morgan fingerprint density at radius 3 is 2.86 bits per heavy atom. The van der Waals surface area contributed by atoms with Crippen molar-refractivity contribution in [2.24, 2.45) is 0 Å². The van der Waals surface area contributed by atoms with E-state index < -0.39 is 0 Å². The van der Waals surface area contributed by atoms with Gasteiger partial charge in [0, 0.05) is 12.4 Å². The predicted molar refractivity (Wildman–Crippen MR) is 52.8 cm³/mol. The molecule has 0 fully saturated rings. The molecule has 2 aromatic heterocycles. The monoisotopic (exact) mass is 187 g/mol. The maximum absolute atomic E-state index is 11.0. The molecule has 0 aliphatic carbocycles. The van der Waals surface area contributed by atoms with E-state index in [1.165, 1.54) is 0 Å². The van der Waals surface area contributed by atoms with E-state index in [0.29, 0.717) is 0 Å². The van der Waals surface area contributed by atoms with E-state index >= 15 is 0 Å². The first-order valence-corrected chi connectivity index (χ1v) is 4.25. The van der Waals surface area contributed by atoms with Crippen LogP contribution in [0.3, 0.4) is 0 Å². The van der Waals surface area contributed by atoms with Crippen molar-refractivity contribution in [3.05, 3.63) is 46.6 Å². The molecule has 0 spiro atoms. The van der Waals surface area contributed by atoms with Gasteiger partial charge in [0.1, 0.15) is 0 Å². The number of H-pyrrole nitrogens is 1. The Kier molecular flexibility index (Phi) is 2.10. The molecule has 2 heterocycles. The molecule has 1 N–H and O–H groups in total. The minimum Gasteiger partial charge on any atom is -0.304 e. The first-order valence-electron chi connectivity index (χ1n) is 4.25. The molecule has 0 atom stereocenters. The second-order valence-electron chi connectivity index (χ2n) is 2.96. The lowest BCUT2D eigenvalue weighted by atomic mass is 10.2. The molecular weight excluding hydrogens is 178 g/mol. The molecule has 0 aromatic carbocycles. The van der Waals surface area contributed by atoms with Gasteiger partial charge in [0.2, 0.25) is 0 Å². The van der Waals surface area contributed by atoms with Crippen molar-refractivity contribution in [3.63, 3.8) is 0 Å². The van der Waals surface area contributed by atoms with E-state index in [-0.39, 0.29) is 5.69 Å². The molecule has 4 nitrogen and oxygen atoms in total. The average molecular weight is 187 g/mol. The van der Waals surface area contributed by atoms with E-state index in [1.54, 1.807) is 12.4 Å². The largest absolute Gasteiger partial charge is 0.345 e. The number of aromatic nitrogens is 3. The van der Waals surface area contributed by atoms with Crippen molar-refractivity contribution in [2.75, 3.05) is 0 Å². The highest BCUT2D eigenvalue weighted by Crippen LogP contribution is 2.14. The summed E-state index contributed by atoms with van der Waals surface area (Å²) in [6, 6.07) is 5.55. The molecule has 0 bridgehead atoms. The second kappa shape index (κ2) is 3.41. The summed E-state index contributed by atoms with van der Waals surface area (Å²) >= 11 is 0. The third kappa shape index (κ3) is 1.54. The normalized spacial score (nSPS) is 10.1. The molecule has 0 amide bonds. The number of aryl methyl sites for hydroxylation is 1. The van der Waals surface area contributed by atoms with Gasteiger partial charge in [0.15, 0.2) is 0 Å². The number of rotatable bonds is 1. The molecule has 4 heteroatoms. The number of pyridine rings is 1. The molecule has 0 aliphatic heterocycles. The fraction of sp³-hybridized carbons (Fsp3) is 0.100. The van der Waals surface area contributed by atoms with Gasteiger partial charge < -0.3 is 4.98 Å². The van der Waals surface area contributed by atoms with Crippen molar-refractivity contribution in [2.45, 2.75) is 6.92 Å². The van der Waals surface area contributed by atoms with E-state index in [4.69, 9.17) is 0 Å². The zero-order valence-corrected chi connectivity index (χ0v) is 7.69. The third-order valence-electron chi connectivity index (χ3n) is 1.92. The van der Waals surface area contributed by atoms with Crippen molar-refractivity contribution in [1.82, 2.24) is 15.0 Å². The Morgan fingerprint density at radius 2 is 2.14 bits per heavy atom. The van der Waals surface area contributed by atoms with E-state index in [2.05, 4.69) is 15.0 Å². The SMILES string of the molecule is Cc1cnc(=O)[nH]c1-c1ccccn1. The minimum absolute atomic E-state index is 0.351. The van der Waals surface area contributed by atoms with Gasteiger partial charge in [-0.25, -0.2) is 9.78 Å². The summed E-state index contributed by atoms with van der Waals surface area (Å²) in [5, 5.41) is 0. The molecule has 2 aromatic rings. The number of aromatic amines is 1. The highest BCUT2D eigenvalue weighted by atomic mass is 16.1. The van der Waals surface area contributed by atoms with Gasteiger partial charge in [-0.3, -0.25) is 4.98 Å². The van der Waals surface area contributed by atoms with Crippen LogP contribution in [0.2, 0.25) is 0 Å². The summed E-state index contributed by atoms with van der Waals surface area (Å²) < 4.78 is 0. The van der Waals surface area contributed by atoms with Gasteiger partial charge in [-0.1, -0.05) is 6.07 Å². The number of hydrogen-bond acceptors (Lipinski definition) is 3. The molecular formula is C10H9N3O. The average Bonchev–Trinajstić information content (AvgIpc) is 2.23. The summed E-state index contributed by atoms with van der Waals surface area (Å²) in [7, 11) is 0. The third-order valence-corrected chi connectivity index (χ3v) is 1.92. The van der Waals surface area contributed by atoms with Crippen LogP contribution in [0.5, 0.6) is 0 Å². The van der Waals surface area contributed by atoms with Crippen LogP contribution < -0.4 is 5.69 Å². The molecule has 0 saturated carbocycles. The molecule has 0 aliphatic rings. The number of hydrogen-bond donors (Lipinski definition) is 1. The molecule has 2 rings (SSSR count). The highest BCUT2D eigenvalue weighted by Gasteiger charge is 2.03. The standard InChI is InChI=1S/C10H9N3O/c1-7-6-12-10(14)13-9(7)8-4-2-3-5-11-8/h2-6H,1H3,(H,12,13,14). The van der Waals surface area contributed by atoms with Crippen LogP contribution in [0.1, 0.15) is 5.56 Å². The zero-order valence-electron chi connectivity index (χ0n) is 7.69. The van der Waals surface area contributed by atoms with Gasteiger partial charge in [-0.05, 0) is 24.6 Å². The summed E-state index contributed by atoms with van der Waals surface area (Å²) in [6.45, 7) is 1.88. The van der Waals surface area contributed by atoms with Gasteiger partial charge in [-0.15, -0.1) is 0 Å². The van der Waals surface area contributed by atoms with E-state index in [1.807, 2.05) is 25.1 Å². The number of nitrogens with zero attached hydrogens (tertiary/aromatic N) is 2. The van der Waals surface area contributed by atoms with Crippen LogP contribution in [0.4, 0.5) is 0 Å². The Balaban J connectivity index is 2.62. The minimum atomic E-state index is -0.351. The fourth-order valence-electron chi connectivity index (χ4n) is 1.23. The Labute approximate surface area is 80.7 Å². The highest BCUT2D eigenvalue weighted by molar-refractivity contribution is 5.56.